The Morgan fingerprint density at radius 3 is 2.06 bits per heavy atom. The van der Waals surface area contributed by atoms with E-state index in [9.17, 15) is 5.21 Å². The van der Waals surface area contributed by atoms with Crippen LogP contribution in [0.15, 0.2) is 66.7 Å². The molecule has 0 spiro atoms. The molecule has 2 heteroatoms. The van der Waals surface area contributed by atoms with Crippen molar-refractivity contribution in [3.63, 3.8) is 0 Å². The third-order valence-electron chi connectivity index (χ3n) is 2.32. The Labute approximate surface area is 101 Å². The molecule has 17 heavy (non-hydrogen) atoms. The van der Waals surface area contributed by atoms with Crippen molar-refractivity contribution in [2.24, 2.45) is 0 Å². The molecule has 0 aliphatic heterocycles. The summed E-state index contributed by atoms with van der Waals surface area (Å²) in [6, 6.07) is 19.0. The second-order valence-electron chi connectivity index (χ2n) is 3.58. The van der Waals surface area contributed by atoms with Crippen LogP contribution >= 0.6 is 0 Å². The van der Waals surface area contributed by atoms with E-state index >= 15 is 0 Å². The standard InChI is InChI=1S/C15H13NO/c17-16(15-11-5-2-6-12-15)13-7-10-14-8-3-1-4-9-14/h1-13H. The van der Waals surface area contributed by atoms with Crippen molar-refractivity contribution in [1.82, 2.24) is 0 Å². The maximum absolute atomic E-state index is 11.6. The lowest BCUT2D eigenvalue weighted by molar-refractivity contribution is -0.354. The summed E-state index contributed by atoms with van der Waals surface area (Å²) in [6.45, 7) is 0. The van der Waals surface area contributed by atoms with E-state index in [2.05, 4.69) is 0 Å². The molecule has 0 fully saturated rings. The van der Waals surface area contributed by atoms with E-state index in [0.717, 1.165) is 10.3 Å². The van der Waals surface area contributed by atoms with E-state index in [0.29, 0.717) is 5.69 Å². The number of allylic oxidation sites excluding steroid dienone is 1. The quantitative estimate of drug-likeness (QED) is 0.338. The van der Waals surface area contributed by atoms with Crippen molar-refractivity contribution in [3.05, 3.63) is 77.5 Å². The van der Waals surface area contributed by atoms with Gasteiger partial charge < -0.3 is 5.21 Å². The fraction of sp³-hybridized carbons (Fsp3) is 0. The Bertz CT molecular complexity index is 515. The zero-order valence-corrected chi connectivity index (χ0v) is 9.36. The van der Waals surface area contributed by atoms with Crippen molar-refractivity contribution in [3.8, 4) is 0 Å². The van der Waals surface area contributed by atoms with Crippen LogP contribution in [-0.4, -0.2) is 11.0 Å². The monoisotopic (exact) mass is 223 g/mol. The smallest absolute Gasteiger partial charge is 0.216 e. The fourth-order valence-corrected chi connectivity index (χ4v) is 1.46. The molecule has 0 bridgehead atoms. The van der Waals surface area contributed by atoms with Crippen LogP contribution in [0.1, 0.15) is 5.56 Å². The minimum absolute atomic E-state index is 0.630. The average Bonchev–Trinajstić information content (AvgIpc) is 2.41. The van der Waals surface area contributed by atoms with Gasteiger partial charge in [0, 0.05) is 18.2 Å². The van der Waals surface area contributed by atoms with Crippen molar-refractivity contribution >= 4 is 18.0 Å². The van der Waals surface area contributed by atoms with E-state index in [4.69, 9.17) is 0 Å². The number of benzene rings is 2. The number of rotatable bonds is 3. The zero-order chi connectivity index (χ0) is 11.9. The van der Waals surface area contributed by atoms with Crippen molar-refractivity contribution in [2.75, 3.05) is 0 Å². The topological polar surface area (TPSA) is 26.1 Å². The molecule has 2 aromatic rings. The number of nitrogens with zero attached hydrogens (tertiary/aromatic N) is 1. The van der Waals surface area contributed by atoms with Crippen LogP contribution in [0.4, 0.5) is 5.69 Å². The third-order valence-corrected chi connectivity index (χ3v) is 2.32. The molecule has 2 rings (SSSR count). The summed E-state index contributed by atoms with van der Waals surface area (Å²) in [5.41, 5.74) is 1.70. The molecule has 2 nitrogen and oxygen atoms in total. The zero-order valence-electron chi connectivity index (χ0n) is 9.36. The molecule has 0 amide bonds. The molecular formula is C15H13NO. The van der Waals surface area contributed by atoms with Gasteiger partial charge >= 0.3 is 0 Å². The van der Waals surface area contributed by atoms with Crippen LogP contribution in [0.3, 0.4) is 0 Å². The van der Waals surface area contributed by atoms with Crippen molar-refractivity contribution in [2.45, 2.75) is 0 Å². The summed E-state index contributed by atoms with van der Waals surface area (Å²) in [5, 5.41) is 11.6. The predicted octanol–water partition coefficient (Wildman–Crippen LogP) is 3.61. The van der Waals surface area contributed by atoms with Crippen LogP contribution in [-0.2, 0) is 0 Å². The second kappa shape index (κ2) is 5.66. The van der Waals surface area contributed by atoms with Gasteiger partial charge in [-0.05, 0) is 11.6 Å². The van der Waals surface area contributed by atoms with Crippen LogP contribution in [0.25, 0.3) is 6.08 Å². The molecule has 0 heterocycles. The molecule has 0 saturated heterocycles. The Balaban J connectivity index is 2.09. The van der Waals surface area contributed by atoms with Gasteiger partial charge in [0.25, 0.3) is 0 Å². The largest absolute Gasteiger partial charge is 0.618 e. The van der Waals surface area contributed by atoms with E-state index in [-0.39, 0.29) is 0 Å². The van der Waals surface area contributed by atoms with Gasteiger partial charge in [0.2, 0.25) is 5.69 Å². The number of hydrogen-bond donors (Lipinski definition) is 0. The first-order chi connectivity index (χ1) is 8.36. The summed E-state index contributed by atoms with van der Waals surface area (Å²) in [4.78, 5) is 0. The predicted molar refractivity (Wildman–Crippen MR) is 71.3 cm³/mol. The van der Waals surface area contributed by atoms with Gasteiger partial charge in [0.05, 0.1) is 0 Å². The average molecular weight is 223 g/mol. The van der Waals surface area contributed by atoms with E-state index in [1.54, 1.807) is 18.2 Å². The molecule has 0 saturated carbocycles. The lowest BCUT2D eigenvalue weighted by Gasteiger charge is -1.99. The van der Waals surface area contributed by atoms with Crippen molar-refractivity contribution in [1.29, 1.82) is 0 Å². The summed E-state index contributed by atoms with van der Waals surface area (Å²) in [5.74, 6) is 0. The number of hydrogen-bond acceptors (Lipinski definition) is 1. The molecule has 0 atom stereocenters. The lowest BCUT2D eigenvalue weighted by atomic mass is 10.2. The first-order valence-electron chi connectivity index (χ1n) is 5.44. The second-order valence-corrected chi connectivity index (χ2v) is 3.58. The normalized spacial score (nSPS) is 11.9. The van der Waals surface area contributed by atoms with E-state index in [1.807, 2.05) is 54.6 Å². The molecule has 0 radical (unpaired) electrons. The van der Waals surface area contributed by atoms with Crippen LogP contribution in [0, 0.1) is 5.21 Å². The summed E-state index contributed by atoms with van der Waals surface area (Å²) < 4.78 is 0.847. The summed E-state index contributed by atoms with van der Waals surface area (Å²) in [6.07, 6.45) is 5.14. The minimum atomic E-state index is 0.630. The lowest BCUT2D eigenvalue weighted by Crippen LogP contribution is -1.94. The van der Waals surface area contributed by atoms with Gasteiger partial charge in [-0.3, -0.25) is 0 Å². The molecule has 0 unspecified atom stereocenters. The van der Waals surface area contributed by atoms with Gasteiger partial charge in [-0.1, -0.05) is 48.5 Å². The van der Waals surface area contributed by atoms with Gasteiger partial charge in [-0.15, -0.1) is 0 Å². The third kappa shape index (κ3) is 3.31. The summed E-state index contributed by atoms with van der Waals surface area (Å²) >= 11 is 0. The summed E-state index contributed by atoms with van der Waals surface area (Å²) in [7, 11) is 0. The van der Waals surface area contributed by atoms with Gasteiger partial charge in [0.15, 0.2) is 6.21 Å². The molecule has 0 aliphatic carbocycles. The SMILES string of the molecule is [O-][N+](=CC=Cc1ccccc1)c1ccccc1. The Morgan fingerprint density at radius 1 is 0.824 bits per heavy atom. The molecule has 2 aromatic carbocycles. The Kier molecular flexibility index (Phi) is 3.71. The van der Waals surface area contributed by atoms with Gasteiger partial charge in [0.1, 0.15) is 0 Å². The molecule has 0 N–H and O–H groups in total. The molecular weight excluding hydrogens is 210 g/mol. The van der Waals surface area contributed by atoms with Crippen LogP contribution in [0.5, 0.6) is 0 Å². The first kappa shape index (κ1) is 11.1. The van der Waals surface area contributed by atoms with Crippen molar-refractivity contribution < 1.29 is 4.74 Å². The molecule has 0 aliphatic rings. The van der Waals surface area contributed by atoms with Crippen LogP contribution < -0.4 is 0 Å². The highest BCUT2D eigenvalue weighted by atomic mass is 16.5. The highest BCUT2D eigenvalue weighted by Crippen LogP contribution is 2.08. The minimum Gasteiger partial charge on any atom is -0.618 e. The van der Waals surface area contributed by atoms with Gasteiger partial charge in [-0.2, -0.15) is 4.74 Å². The maximum atomic E-state index is 11.6. The highest BCUT2D eigenvalue weighted by Gasteiger charge is 1.95. The highest BCUT2D eigenvalue weighted by molar-refractivity contribution is 5.75. The Morgan fingerprint density at radius 2 is 1.41 bits per heavy atom. The van der Waals surface area contributed by atoms with E-state index < -0.39 is 0 Å². The maximum Gasteiger partial charge on any atom is 0.216 e. The number of para-hydroxylation sites is 1. The van der Waals surface area contributed by atoms with E-state index in [1.165, 1.54) is 6.21 Å². The van der Waals surface area contributed by atoms with Crippen LogP contribution in [0.2, 0.25) is 0 Å². The Hall–Kier alpha value is -2.35. The molecule has 84 valence electrons. The van der Waals surface area contributed by atoms with Gasteiger partial charge in [-0.25, -0.2) is 0 Å². The fourth-order valence-electron chi connectivity index (χ4n) is 1.46. The first-order valence-corrected chi connectivity index (χ1v) is 5.44. The molecule has 0 aromatic heterocycles.